The van der Waals surface area contributed by atoms with Crippen LogP contribution in [-0.2, 0) is 14.0 Å². The first-order valence-electron chi connectivity index (χ1n) is 5.09. The van der Waals surface area contributed by atoms with Crippen LogP contribution in [0.3, 0.4) is 0 Å². The van der Waals surface area contributed by atoms with Crippen LogP contribution in [0.1, 0.15) is 13.3 Å². The number of nitrogens with zero attached hydrogens (tertiary/aromatic N) is 1. The molecule has 0 amide bonds. The molecule has 0 rings (SSSR count). The predicted molar refractivity (Wildman–Crippen MR) is 60.3 cm³/mol. The number of likely N-dealkylation sites (N-methyl/N-ethyl adjacent to an activating group) is 1. The molecule has 0 aromatic heterocycles. The summed E-state index contributed by atoms with van der Waals surface area (Å²) in [4.78, 5) is 11.4. The lowest BCUT2D eigenvalue weighted by atomic mass is 10.5. The predicted octanol–water partition coefficient (Wildman–Crippen LogP) is 1.18. The van der Waals surface area contributed by atoms with Crippen molar-refractivity contribution in [2.45, 2.75) is 13.3 Å². The van der Waals surface area contributed by atoms with Crippen molar-refractivity contribution in [3.05, 3.63) is 0 Å². The summed E-state index contributed by atoms with van der Waals surface area (Å²) in [6, 6.07) is 0. The molecule has 1 N–H and O–H groups in total. The minimum atomic E-state index is -3.25. The Hall–Kier alpha value is 0.0700. The first-order valence-corrected chi connectivity index (χ1v) is 7.12. The molecular formula is C9H22NO4P. The highest BCUT2D eigenvalue weighted by Crippen LogP contribution is 2.39. The number of ether oxygens (including phenoxy) is 2. The topological polar surface area (TPSA) is 59.0 Å². The zero-order valence-electron chi connectivity index (χ0n) is 9.81. The van der Waals surface area contributed by atoms with Gasteiger partial charge in [-0.3, -0.25) is 4.57 Å². The van der Waals surface area contributed by atoms with Crippen LogP contribution in [0.15, 0.2) is 0 Å². The Balaban J connectivity index is 3.51. The Labute approximate surface area is 91.8 Å². The maximum absolute atomic E-state index is 11.4. The molecule has 0 fully saturated rings. The third-order valence-corrected chi connectivity index (χ3v) is 2.79. The van der Waals surface area contributed by atoms with Gasteiger partial charge in [0.25, 0.3) is 0 Å². The zero-order chi connectivity index (χ0) is 11.7. The van der Waals surface area contributed by atoms with Crippen LogP contribution in [-0.4, -0.2) is 56.3 Å². The Morgan fingerprint density at radius 3 is 2.20 bits per heavy atom. The molecule has 1 atom stereocenters. The molecule has 0 aromatic rings. The summed E-state index contributed by atoms with van der Waals surface area (Å²) in [5, 5.41) is 0. The van der Waals surface area contributed by atoms with Gasteiger partial charge in [0.1, 0.15) is 12.7 Å². The van der Waals surface area contributed by atoms with Crippen LogP contribution in [0.2, 0.25) is 0 Å². The maximum Gasteiger partial charge on any atom is 0.250 e. The quantitative estimate of drug-likeness (QED) is 0.483. The van der Waals surface area contributed by atoms with Gasteiger partial charge in [-0.15, -0.1) is 0 Å². The summed E-state index contributed by atoms with van der Waals surface area (Å²) in [7, 11) is 0.601. The second-order valence-corrected chi connectivity index (χ2v) is 5.93. The molecule has 0 aromatic carbocycles. The fourth-order valence-corrected chi connectivity index (χ4v) is 1.75. The normalized spacial score (nSPS) is 15.5. The molecule has 0 saturated heterocycles. The van der Waals surface area contributed by atoms with Crippen molar-refractivity contribution in [1.82, 2.24) is 4.90 Å². The second kappa shape index (κ2) is 8.25. The molecule has 15 heavy (non-hydrogen) atoms. The van der Waals surface area contributed by atoms with Gasteiger partial charge in [-0.1, -0.05) is 6.92 Å². The van der Waals surface area contributed by atoms with E-state index < -0.39 is 7.37 Å². The highest BCUT2D eigenvalue weighted by Gasteiger charge is 2.18. The van der Waals surface area contributed by atoms with Crippen molar-refractivity contribution in [2.24, 2.45) is 0 Å². The molecule has 0 aliphatic rings. The molecule has 1 unspecified atom stereocenters. The fraction of sp³-hybridized carbons (Fsp3) is 1.00. The minimum absolute atomic E-state index is 0.108. The molecule has 0 spiro atoms. The average molecular weight is 239 g/mol. The number of hydrogen-bond acceptors (Lipinski definition) is 4. The molecule has 5 nitrogen and oxygen atoms in total. The van der Waals surface area contributed by atoms with Gasteiger partial charge in [-0.25, -0.2) is 0 Å². The van der Waals surface area contributed by atoms with E-state index >= 15 is 0 Å². The van der Waals surface area contributed by atoms with Gasteiger partial charge in [0, 0.05) is 13.2 Å². The van der Waals surface area contributed by atoms with E-state index in [1.165, 1.54) is 0 Å². The Morgan fingerprint density at radius 1 is 1.20 bits per heavy atom. The monoisotopic (exact) mass is 239 g/mol. The number of hydrogen-bond donors (Lipinski definition) is 1. The van der Waals surface area contributed by atoms with E-state index in [0.717, 1.165) is 13.0 Å². The van der Waals surface area contributed by atoms with Crippen molar-refractivity contribution < 1.29 is 18.9 Å². The van der Waals surface area contributed by atoms with E-state index in [4.69, 9.17) is 9.47 Å². The van der Waals surface area contributed by atoms with Crippen molar-refractivity contribution in [3.8, 4) is 0 Å². The lowest BCUT2D eigenvalue weighted by molar-refractivity contribution is 0.133. The van der Waals surface area contributed by atoms with Crippen molar-refractivity contribution in [3.63, 3.8) is 0 Å². The van der Waals surface area contributed by atoms with Crippen molar-refractivity contribution in [2.75, 3.05) is 46.5 Å². The van der Waals surface area contributed by atoms with Gasteiger partial charge in [-0.05, 0) is 20.5 Å². The van der Waals surface area contributed by atoms with Crippen molar-refractivity contribution >= 4 is 7.37 Å². The molecule has 0 radical (unpaired) electrons. The summed E-state index contributed by atoms with van der Waals surface area (Å²) in [6.45, 7) is 3.68. The molecule has 0 aliphatic carbocycles. The van der Waals surface area contributed by atoms with Gasteiger partial charge in [0.2, 0.25) is 7.37 Å². The Bertz CT molecular complexity index is 199. The van der Waals surface area contributed by atoms with Gasteiger partial charge in [0.05, 0.1) is 6.61 Å². The van der Waals surface area contributed by atoms with Gasteiger partial charge >= 0.3 is 0 Å². The van der Waals surface area contributed by atoms with Crippen LogP contribution >= 0.6 is 7.37 Å². The minimum Gasteiger partial charge on any atom is -0.371 e. The third-order valence-electron chi connectivity index (χ3n) is 1.62. The van der Waals surface area contributed by atoms with E-state index in [1.807, 2.05) is 25.9 Å². The summed E-state index contributed by atoms with van der Waals surface area (Å²) >= 11 is 0. The van der Waals surface area contributed by atoms with E-state index in [9.17, 15) is 9.46 Å². The van der Waals surface area contributed by atoms with Crippen LogP contribution in [0, 0.1) is 0 Å². The molecule has 0 heterocycles. The van der Waals surface area contributed by atoms with Crippen LogP contribution < -0.4 is 0 Å². The van der Waals surface area contributed by atoms with Gasteiger partial charge < -0.3 is 19.3 Å². The largest absolute Gasteiger partial charge is 0.371 e. The Kier molecular flexibility index (Phi) is 8.29. The summed E-state index contributed by atoms with van der Waals surface area (Å²) in [5.74, 6) is 0. The molecule has 0 aliphatic heterocycles. The molecule has 0 saturated carbocycles. The first kappa shape index (κ1) is 15.1. The second-order valence-electron chi connectivity index (χ2n) is 3.72. The van der Waals surface area contributed by atoms with E-state index in [-0.39, 0.29) is 12.7 Å². The van der Waals surface area contributed by atoms with E-state index in [0.29, 0.717) is 13.2 Å². The van der Waals surface area contributed by atoms with E-state index in [1.54, 1.807) is 0 Å². The third kappa shape index (κ3) is 10.4. The molecule has 6 heteroatoms. The highest BCUT2D eigenvalue weighted by atomic mass is 31.2. The van der Waals surface area contributed by atoms with Crippen LogP contribution in [0.5, 0.6) is 0 Å². The lowest BCUT2D eigenvalue weighted by Gasteiger charge is -2.13. The van der Waals surface area contributed by atoms with Crippen molar-refractivity contribution in [1.29, 1.82) is 0 Å². The fourth-order valence-electron chi connectivity index (χ4n) is 0.843. The standard InChI is InChI=1S/C9H22NO4P/c1-4-6-13-8-15(11,12)9-14-7-5-10(2)3/h4-9H2,1-3H3,(H,11,12). The average Bonchev–Trinajstić information content (AvgIpc) is 2.13. The summed E-state index contributed by atoms with van der Waals surface area (Å²) in [5.41, 5.74) is 0. The summed E-state index contributed by atoms with van der Waals surface area (Å²) < 4.78 is 21.6. The molecular weight excluding hydrogens is 217 g/mol. The molecule has 0 bridgehead atoms. The highest BCUT2D eigenvalue weighted by molar-refractivity contribution is 7.57. The smallest absolute Gasteiger partial charge is 0.250 e. The zero-order valence-corrected chi connectivity index (χ0v) is 10.7. The lowest BCUT2D eigenvalue weighted by Crippen LogP contribution is -2.18. The van der Waals surface area contributed by atoms with Gasteiger partial charge in [-0.2, -0.15) is 0 Å². The Morgan fingerprint density at radius 2 is 1.73 bits per heavy atom. The van der Waals surface area contributed by atoms with Crippen LogP contribution in [0.25, 0.3) is 0 Å². The van der Waals surface area contributed by atoms with Crippen LogP contribution in [0.4, 0.5) is 0 Å². The maximum atomic E-state index is 11.4. The van der Waals surface area contributed by atoms with Gasteiger partial charge in [0.15, 0.2) is 0 Å². The summed E-state index contributed by atoms with van der Waals surface area (Å²) in [6.07, 6.45) is 0.620. The number of rotatable bonds is 9. The first-order chi connectivity index (χ1) is 6.98. The molecule has 92 valence electrons. The SMILES string of the molecule is CCCOCP(=O)(O)COCCN(C)C. The van der Waals surface area contributed by atoms with E-state index in [2.05, 4.69) is 0 Å².